The number of hydrogen-bond donors (Lipinski definition) is 0. The van der Waals surface area contributed by atoms with Crippen LogP contribution in [0.3, 0.4) is 0 Å². The van der Waals surface area contributed by atoms with Crippen LogP contribution in [0.1, 0.15) is 37.8 Å². The Morgan fingerprint density at radius 3 is 2.67 bits per heavy atom. The van der Waals surface area contributed by atoms with Gasteiger partial charge in [-0.15, -0.1) is 0 Å². The molecule has 0 saturated heterocycles. The molecule has 0 nitrogen and oxygen atoms in total. The van der Waals surface area contributed by atoms with Gasteiger partial charge in [-0.2, -0.15) is 0 Å². The summed E-state index contributed by atoms with van der Waals surface area (Å²) in [6.45, 7) is 4.58. The first-order valence-electron chi connectivity index (χ1n) is 4.84. The highest BCUT2D eigenvalue weighted by atomic mass is 14.4. The summed E-state index contributed by atoms with van der Waals surface area (Å²) in [4.78, 5) is 0. The van der Waals surface area contributed by atoms with Gasteiger partial charge in [-0.05, 0) is 35.8 Å². The van der Waals surface area contributed by atoms with Gasteiger partial charge in [0.05, 0.1) is 0 Å². The van der Waals surface area contributed by atoms with E-state index >= 15 is 0 Å². The quantitative estimate of drug-likeness (QED) is 0.622. The molecule has 0 spiro atoms. The number of rotatable bonds is 2. The minimum absolute atomic E-state index is 0.533. The summed E-state index contributed by atoms with van der Waals surface area (Å²) >= 11 is 0. The van der Waals surface area contributed by atoms with Crippen molar-refractivity contribution >= 4 is 0 Å². The van der Waals surface area contributed by atoms with Crippen molar-refractivity contribution in [3.05, 3.63) is 35.4 Å². The summed E-state index contributed by atoms with van der Waals surface area (Å²) < 4.78 is 0. The first-order valence-corrected chi connectivity index (χ1v) is 4.84. The third-order valence-corrected chi connectivity index (χ3v) is 3.03. The fraction of sp³-hybridized carbons (Fsp3) is 0.500. The van der Waals surface area contributed by atoms with Crippen molar-refractivity contribution in [3.63, 3.8) is 0 Å². The van der Waals surface area contributed by atoms with E-state index in [0.717, 1.165) is 6.42 Å². The van der Waals surface area contributed by atoms with Gasteiger partial charge in [0.25, 0.3) is 0 Å². The SMILES string of the molecule is CCc1cccc(C2(C)CC2)c1. The second-order valence-electron chi connectivity index (χ2n) is 4.11. The molecule has 1 fully saturated rings. The predicted molar refractivity (Wildman–Crippen MR) is 52.4 cm³/mol. The van der Waals surface area contributed by atoms with Gasteiger partial charge in [-0.1, -0.05) is 38.1 Å². The third-order valence-electron chi connectivity index (χ3n) is 3.03. The van der Waals surface area contributed by atoms with Crippen LogP contribution in [-0.4, -0.2) is 0 Å². The number of benzene rings is 1. The lowest BCUT2D eigenvalue weighted by atomic mass is 9.96. The van der Waals surface area contributed by atoms with Crippen molar-refractivity contribution in [3.8, 4) is 0 Å². The minimum atomic E-state index is 0.533. The van der Waals surface area contributed by atoms with Gasteiger partial charge in [-0.3, -0.25) is 0 Å². The van der Waals surface area contributed by atoms with Gasteiger partial charge >= 0.3 is 0 Å². The van der Waals surface area contributed by atoms with Gasteiger partial charge in [0.15, 0.2) is 0 Å². The molecule has 0 radical (unpaired) electrons. The fourth-order valence-corrected chi connectivity index (χ4v) is 1.64. The van der Waals surface area contributed by atoms with Gasteiger partial charge in [0.2, 0.25) is 0 Å². The van der Waals surface area contributed by atoms with Crippen LogP contribution >= 0.6 is 0 Å². The summed E-state index contributed by atoms with van der Waals surface area (Å²) in [5.74, 6) is 0. The van der Waals surface area contributed by atoms with E-state index in [2.05, 4.69) is 38.1 Å². The molecule has 64 valence electrons. The van der Waals surface area contributed by atoms with Crippen LogP contribution < -0.4 is 0 Å². The lowest BCUT2D eigenvalue weighted by Gasteiger charge is -2.09. The molecule has 0 heterocycles. The smallest absolute Gasteiger partial charge is 0.00745 e. The Kier molecular flexibility index (Phi) is 1.71. The summed E-state index contributed by atoms with van der Waals surface area (Å²) in [7, 11) is 0. The molecule has 1 aromatic rings. The van der Waals surface area contributed by atoms with E-state index in [1.807, 2.05) is 0 Å². The Bertz CT molecular complexity index is 282. The second kappa shape index (κ2) is 2.62. The summed E-state index contributed by atoms with van der Waals surface area (Å²) in [5.41, 5.74) is 3.55. The van der Waals surface area contributed by atoms with E-state index in [1.165, 1.54) is 18.4 Å². The largest absolute Gasteiger partial charge is 0.0617 e. The lowest BCUT2D eigenvalue weighted by molar-refractivity contribution is 0.785. The van der Waals surface area contributed by atoms with Crippen LogP contribution in [0.2, 0.25) is 0 Å². The Hall–Kier alpha value is -0.780. The zero-order valence-corrected chi connectivity index (χ0v) is 7.93. The van der Waals surface area contributed by atoms with E-state index in [0.29, 0.717) is 5.41 Å². The van der Waals surface area contributed by atoms with E-state index < -0.39 is 0 Å². The maximum Gasteiger partial charge on any atom is -0.00745 e. The number of aryl methyl sites for hydroxylation is 1. The first kappa shape index (κ1) is 7.85. The average Bonchev–Trinajstić information content (AvgIpc) is 2.85. The Morgan fingerprint density at radius 1 is 1.33 bits per heavy atom. The van der Waals surface area contributed by atoms with Gasteiger partial charge < -0.3 is 0 Å². The molecule has 1 aromatic carbocycles. The highest BCUT2D eigenvalue weighted by molar-refractivity contribution is 5.33. The van der Waals surface area contributed by atoms with Crippen molar-refractivity contribution in [1.82, 2.24) is 0 Å². The Balaban J connectivity index is 2.32. The molecular weight excluding hydrogens is 144 g/mol. The van der Waals surface area contributed by atoms with Crippen LogP contribution in [0.15, 0.2) is 24.3 Å². The molecule has 0 heteroatoms. The van der Waals surface area contributed by atoms with Gasteiger partial charge in [0, 0.05) is 0 Å². The molecule has 0 atom stereocenters. The fourth-order valence-electron chi connectivity index (χ4n) is 1.64. The maximum atomic E-state index is 2.37. The van der Waals surface area contributed by atoms with Crippen LogP contribution in [0.5, 0.6) is 0 Å². The normalized spacial score (nSPS) is 19.2. The first-order chi connectivity index (χ1) is 5.74. The Labute approximate surface area is 74.6 Å². The summed E-state index contributed by atoms with van der Waals surface area (Å²) in [5, 5.41) is 0. The van der Waals surface area contributed by atoms with Crippen molar-refractivity contribution < 1.29 is 0 Å². The molecule has 2 rings (SSSR count). The molecule has 0 aromatic heterocycles. The molecule has 1 aliphatic rings. The van der Waals surface area contributed by atoms with Crippen molar-refractivity contribution in [2.75, 3.05) is 0 Å². The Morgan fingerprint density at radius 2 is 2.08 bits per heavy atom. The van der Waals surface area contributed by atoms with Gasteiger partial charge in [0.1, 0.15) is 0 Å². The second-order valence-corrected chi connectivity index (χ2v) is 4.11. The van der Waals surface area contributed by atoms with Crippen molar-refractivity contribution in [2.45, 2.75) is 38.5 Å². The van der Waals surface area contributed by atoms with Crippen LogP contribution in [0.25, 0.3) is 0 Å². The van der Waals surface area contributed by atoms with Crippen molar-refractivity contribution in [2.24, 2.45) is 0 Å². The molecule has 0 amide bonds. The third kappa shape index (κ3) is 1.26. The van der Waals surface area contributed by atoms with Crippen LogP contribution in [0.4, 0.5) is 0 Å². The standard InChI is InChI=1S/C12H16/c1-3-10-5-4-6-11(9-10)12(2)7-8-12/h4-6,9H,3,7-8H2,1-2H3. The van der Waals surface area contributed by atoms with E-state index in [-0.39, 0.29) is 0 Å². The monoisotopic (exact) mass is 160 g/mol. The average molecular weight is 160 g/mol. The molecule has 0 aliphatic heterocycles. The molecule has 0 N–H and O–H groups in total. The summed E-state index contributed by atoms with van der Waals surface area (Å²) in [6.07, 6.45) is 3.91. The highest BCUT2D eigenvalue weighted by Crippen LogP contribution is 2.47. The maximum absolute atomic E-state index is 2.37. The molecular formula is C12H16. The minimum Gasteiger partial charge on any atom is -0.0617 e. The van der Waals surface area contributed by atoms with Crippen LogP contribution in [0, 0.1) is 0 Å². The van der Waals surface area contributed by atoms with Crippen LogP contribution in [-0.2, 0) is 11.8 Å². The molecule has 0 unspecified atom stereocenters. The van der Waals surface area contributed by atoms with E-state index in [9.17, 15) is 0 Å². The molecule has 1 aliphatic carbocycles. The topological polar surface area (TPSA) is 0 Å². The zero-order chi connectivity index (χ0) is 8.60. The molecule has 0 bridgehead atoms. The van der Waals surface area contributed by atoms with E-state index in [4.69, 9.17) is 0 Å². The van der Waals surface area contributed by atoms with E-state index in [1.54, 1.807) is 5.56 Å². The predicted octanol–water partition coefficient (Wildman–Crippen LogP) is 3.30. The van der Waals surface area contributed by atoms with Gasteiger partial charge in [-0.25, -0.2) is 0 Å². The lowest BCUT2D eigenvalue weighted by Crippen LogP contribution is -1.99. The zero-order valence-electron chi connectivity index (χ0n) is 7.93. The molecule has 12 heavy (non-hydrogen) atoms. The van der Waals surface area contributed by atoms with Crippen molar-refractivity contribution in [1.29, 1.82) is 0 Å². The summed E-state index contributed by atoms with van der Waals surface area (Å²) in [6, 6.07) is 9.05. The number of hydrogen-bond acceptors (Lipinski definition) is 0. The molecule has 1 saturated carbocycles. The highest BCUT2D eigenvalue weighted by Gasteiger charge is 2.38.